The molecule has 0 atom stereocenters. The summed E-state index contributed by atoms with van der Waals surface area (Å²) in [7, 11) is 0. The minimum absolute atomic E-state index is 0.359. The van der Waals surface area contributed by atoms with Crippen molar-refractivity contribution in [3.8, 4) is 0 Å². The van der Waals surface area contributed by atoms with E-state index >= 15 is 0 Å². The van der Waals surface area contributed by atoms with Gasteiger partial charge in [-0.05, 0) is 44.2 Å². The maximum absolute atomic E-state index is 8.86. The molecule has 1 aliphatic rings. The molecular weight excluding hydrogens is 186 g/mol. The van der Waals surface area contributed by atoms with E-state index in [1.807, 2.05) is 0 Å². The highest BCUT2D eigenvalue weighted by molar-refractivity contribution is 4.88. The van der Waals surface area contributed by atoms with Crippen molar-refractivity contribution in [3.05, 3.63) is 12.2 Å². The minimum atomic E-state index is 0.359. The van der Waals surface area contributed by atoms with Crippen LogP contribution >= 0.6 is 0 Å². The third-order valence-corrected chi connectivity index (χ3v) is 3.13. The molecule has 1 saturated heterocycles. The molecule has 0 amide bonds. The molecule has 15 heavy (non-hydrogen) atoms. The van der Waals surface area contributed by atoms with Crippen LogP contribution in [-0.2, 0) is 0 Å². The first kappa shape index (κ1) is 12.7. The number of hydrogen-bond donors (Lipinski definition) is 1. The Bertz CT molecular complexity index is 181. The molecule has 0 aliphatic carbocycles. The van der Waals surface area contributed by atoms with Crippen molar-refractivity contribution < 1.29 is 5.11 Å². The number of piperidine rings is 1. The summed E-state index contributed by atoms with van der Waals surface area (Å²) < 4.78 is 0. The van der Waals surface area contributed by atoms with Crippen molar-refractivity contribution in [2.45, 2.75) is 33.1 Å². The maximum atomic E-state index is 8.86. The maximum Gasteiger partial charge on any atom is 0.0433 e. The number of allylic oxidation sites excluding steroid dienone is 1. The van der Waals surface area contributed by atoms with E-state index in [0.29, 0.717) is 12.5 Å². The number of nitrogens with zero attached hydrogens (tertiary/aromatic N) is 1. The average Bonchev–Trinajstić information content (AvgIpc) is 2.20. The molecule has 0 saturated carbocycles. The minimum Gasteiger partial charge on any atom is -0.396 e. The van der Waals surface area contributed by atoms with Gasteiger partial charge in [-0.25, -0.2) is 0 Å². The van der Waals surface area contributed by atoms with Crippen LogP contribution in [0.15, 0.2) is 12.2 Å². The van der Waals surface area contributed by atoms with Crippen LogP contribution in [0.1, 0.15) is 33.1 Å². The lowest BCUT2D eigenvalue weighted by Crippen LogP contribution is -2.34. The fourth-order valence-electron chi connectivity index (χ4n) is 2.12. The average molecular weight is 211 g/mol. The zero-order valence-corrected chi connectivity index (χ0v) is 10.2. The second-order valence-electron chi connectivity index (χ2n) is 4.93. The lowest BCUT2D eigenvalue weighted by molar-refractivity contribution is 0.169. The first-order chi connectivity index (χ1) is 7.22. The lowest BCUT2D eigenvalue weighted by atomic mass is 9.94. The Morgan fingerprint density at radius 2 is 2.00 bits per heavy atom. The van der Waals surface area contributed by atoms with Crippen molar-refractivity contribution in [3.63, 3.8) is 0 Å². The van der Waals surface area contributed by atoms with Crippen LogP contribution < -0.4 is 0 Å². The Hall–Kier alpha value is -0.340. The van der Waals surface area contributed by atoms with Gasteiger partial charge in [0.1, 0.15) is 0 Å². The van der Waals surface area contributed by atoms with E-state index < -0.39 is 0 Å². The SMILES string of the molecule is CC(C)/C=C/CN1CCC(CCO)CC1. The summed E-state index contributed by atoms with van der Waals surface area (Å²) in [5.74, 6) is 1.43. The van der Waals surface area contributed by atoms with Gasteiger partial charge in [0, 0.05) is 13.2 Å². The largest absolute Gasteiger partial charge is 0.396 e. The predicted molar refractivity (Wildman–Crippen MR) is 64.8 cm³/mol. The highest BCUT2D eigenvalue weighted by Gasteiger charge is 2.17. The van der Waals surface area contributed by atoms with Gasteiger partial charge in [-0.1, -0.05) is 26.0 Å². The molecule has 1 fully saturated rings. The Labute approximate surface area is 94.0 Å². The van der Waals surface area contributed by atoms with Crippen LogP contribution in [-0.4, -0.2) is 36.2 Å². The number of likely N-dealkylation sites (tertiary alicyclic amines) is 1. The third kappa shape index (κ3) is 5.33. The van der Waals surface area contributed by atoms with E-state index in [0.717, 1.165) is 18.9 Å². The number of rotatable bonds is 5. The van der Waals surface area contributed by atoms with Crippen LogP contribution in [0.5, 0.6) is 0 Å². The smallest absolute Gasteiger partial charge is 0.0433 e. The molecule has 1 aliphatic heterocycles. The van der Waals surface area contributed by atoms with Gasteiger partial charge < -0.3 is 5.11 Å². The van der Waals surface area contributed by atoms with Gasteiger partial charge in [0.05, 0.1) is 0 Å². The summed E-state index contributed by atoms with van der Waals surface area (Å²) in [5, 5.41) is 8.86. The summed E-state index contributed by atoms with van der Waals surface area (Å²) in [6.45, 7) is 8.29. The number of hydrogen-bond acceptors (Lipinski definition) is 2. The summed E-state index contributed by atoms with van der Waals surface area (Å²) >= 11 is 0. The fourth-order valence-corrected chi connectivity index (χ4v) is 2.12. The summed E-state index contributed by atoms with van der Waals surface area (Å²) in [4.78, 5) is 2.51. The van der Waals surface area contributed by atoms with Crippen LogP contribution in [0.2, 0.25) is 0 Å². The third-order valence-electron chi connectivity index (χ3n) is 3.13. The van der Waals surface area contributed by atoms with Crippen molar-refractivity contribution >= 4 is 0 Å². The van der Waals surface area contributed by atoms with E-state index in [1.54, 1.807) is 0 Å². The molecule has 1 rings (SSSR count). The second-order valence-corrected chi connectivity index (χ2v) is 4.93. The molecule has 0 unspecified atom stereocenters. The molecule has 2 nitrogen and oxygen atoms in total. The summed E-state index contributed by atoms with van der Waals surface area (Å²) in [6, 6.07) is 0. The molecule has 0 aromatic carbocycles. The monoisotopic (exact) mass is 211 g/mol. The standard InChI is InChI=1S/C13H25NO/c1-12(2)4-3-8-14-9-5-13(6-10-14)7-11-15/h3-4,12-13,15H,5-11H2,1-2H3/b4-3+. The number of aliphatic hydroxyl groups excluding tert-OH is 1. The van der Waals surface area contributed by atoms with Crippen LogP contribution in [0.25, 0.3) is 0 Å². The summed E-state index contributed by atoms with van der Waals surface area (Å²) in [6.07, 6.45) is 8.08. The molecule has 0 aromatic heterocycles. The highest BCUT2D eigenvalue weighted by atomic mass is 16.3. The van der Waals surface area contributed by atoms with Crippen LogP contribution in [0.4, 0.5) is 0 Å². The van der Waals surface area contributed by atoms with Gasteiger partial charge in [-0.3, -0.25) is 4.90 Å². The van der Waals surface area contributed by atoms with Crippen LogP contribution in [0, 0.1) is 11.8 Å². The highest BCUT2D eigenvalue weighted by Crippen LogP contribution is 2.19. The molecule has 0 aromatic rings. The van der Waals surface area contributed by atoms with Crippen molar-refractivity contribution in [2.75, 3.05) is 26.2 Å². The topological polar surface area (TPSA) is 23.5 Å². The molecule has 0 radical (unpaired) electrons. The summed E-state index contributed by atoms with van der Waals surface area (Å²) in [5.41, 5.74) is 0. The molecule has 88 valence electrons. The predicted octanol–water partition coefficient (Wildman–Crippen LogP) is 2.29. The molecule has 1 heterocycles. The van der Waals surface area contributed by atoms with Gasteiger partial charge in [-0.2, -0.15) is 0 Å². The molecule has 1 N–H and O–H groups in total. The lowest BCUT2D eigenvalue weighted by Gasteiger charge is -2.30. The molecular formula is C13H25NO. The first-order valence-corrected chi connectivity index (χ1v) is 6.22. The van der Waals surface area contributed by atoms with Crippen molar-refractivity contribution in [2.24, 2.45) is 11.8 Å². The van der Waals surface area contributed by atoms with Gasteiger partial charge in [0.25, 0.3) is 0 Å². The Morgan fingerprint density at radius 1 is 1.33 bits per heavy atom. The fraction of sp³-hybridized carbons (Fsp3) is 0.846. The van der Waals surface area contributed by atoms with E-state index in [9.17, 15) is 0 Å². The molecule has 2 heteroatoms. The van der Waals surface area contributed by atoms with E-state index in [2.05, 4.69) is 30.9 Å². The quantitative estimate of drug-likeness (QED) is 0.705. The van der Waals surface area contributed by atoms with E-state index in [-0.39, 0.29) is 0 Å². The van der Waals surface area contributed by atoms with Gasteiger partial charge in [-0.15, -0.1) is 0 Å². The van der Waals surface area contributed by atoms with Gasteiger partial charge >= 0.3 is 0 Å². The molecule has 0 spiro atoms. The Morgan fingerprint density at radius 3 is 2.53 bits per heavy atom. The zero-order chi connectivity index (χ0) is 11.1. The second kappa shape index (κ2) is 7.02. The Kier molecular flexibility index (Phi) is 5.96. The van der Waals surface area contributed by atoms with Crippen molar-refractivity contribution in [1.82, 2.24) is 4.90 Å². The van der Waals surface area contributed by atoms with E-state index in [1.165, 1.54) is 25.9 Å². The zero-order valence-electron chi connectivity index (χ0n) is 10.2. The Balaban J connectivity index is 2.14. The van der Waals surface area contributed by atoms with E-state index in [4.69, 9.17) is 5.11 Å². The first-order valence-electron chi connectivity index (χ1n) is 6.22. The van der Waals surface area contributed by atoms with Crippen molar-refractivity contribution in [1.29, 1.82) is 0 Å². The van der Waals surface area contributed by atoms with Gasteiger partial charge in [0.15, 0.2) is 0 Å². The van der Waals surface area contributed by atoms with Crippen LogP contribution in [0.3, 0.4) is 0 Å². The van der Waals surface area contributed by atoms with Gasteiger partial charge in [0.2, 0.25) is 0 Å². The molecule has 0 bridgehead atoms. The number of aliphatic hydroxyl groups is 1. The normalized spacial score (nSPS) is 20.5.